The Morgan fingerprint density at radius 1 is 1.15 bits per heavy atom. The van der Waals surface area contributed by atoms with Gasteiger partial charge in [-0.25, -0.2) is 0 Å². The van der Waals surface area contributed by atoms with Gasteiger partial charge in [-0.15, -0.1) is 0 Å². The van der Waals surface area contributed by atoms with Crippen molar-refractivity contribution in [3.63, 3.8) is 0 Å². The first-order chi connectivity index (χ1) is 9.62. The van der Waals surface area contributed by atoms with Gasteiger partial charge in [0, 0.05) is 16.0 Å². The lowest BCUT2D eigenvalue weighted by atomic mass is 10.3. The smallest absolute Gasteiger partial charge is 0.323 e. The predicted octanol–water partition coefficient (Wildman–Crippen LogP) is 3.58. The van der Waals surface area contributed by atoms with Gasteiger partial charge in [-0.1, -0.05) is 15.9 Å². The number of aromatic nitrogens is 3. The van der Waals surface area contributed by atoms with E-state index in [4.69, 9.17) is 4.74 Å². The Morgan fingerprint density at radius 2 is 1.90 bits per heavy atom. The van der Waals surface area contributed by atoms with E-state index in [1.165, 1.54) is 0 Å². The average Bonchev–Trinajstić information content (AvgIpc) is 2.42. The van der Waals surface area contributed by atoms with Crippen LogP contribution in [0.4, 0.5) is 17.6 Å². The number of hydrogen-bond acceptors (Lipinski definition) is 6. The van der Waals surface area contributed by atoms with Gasteiger partial charge in [0.15, 0.2) is 0 Å². The Morgan fingerprint density at radius 3 is 2.55 bits per heavy atom. The molecule has 0 aliphatic heterocycles. The molecule has 0 saturated heterocycles. The molecule has 2 rings (SSSR count). The third-order valence-corrected chi connectivity index (χ3v) is 3.44. The molecule has 1 heterocycles. The molecule has 20 heavy (non-hydrogen) atoms. The van der Waals surface area contributed by atoms with E-state index in [1.807, 2.05) is 25.1 Å². The molecule has 0 aliphatic rings. The zero-order chi connectivity index (χ0) is 14.5. The minimum atomic E-state index is 0.280. The molecule has 0 radical (unpaired) electrons. The summed E-state index contributed by atoms with van der Waals surface area (Å²) >= 11 is 6.89. The molecule has 0 saturated carbocycles. The van der Waals surface area contributed by atoms with E-state index in [-0.39, 0.29) is 6.01 Å². The first kappa shape index (κ1) is 15.0. The van der Waals surface area contributed by atoms with Gasteiger partial charge in [0.1, 0.15) is 0 Å². The molecule has 6 nitrogen and oxygen atoms in total. The molecule has 1 aromatic heterocycles. The molecule has 0 spiro atoms. The van der Waals surface area contributed by atoms with E-state index >= 15 is 0 Å². The fourth-order valence-electron chi connectivity index (χ4n) is 1.43. The predicted molar refractivity (Wildman–Crippen MR) is 85.7 cm³/mol. The molecular weight excluding hydrogens is 390 g/mol. The third-order valence-electron chi connectivity index (χ3n) is 2.29. The van der Waals surface area contributed by atoms with Crippen LogP contribution in [0.5, 0.6) is 6.01 Å². The first-order valence-corrected chi connectivity index (χ1v) is 7.49. The van der Waals surface area contributed by atoms with E-state index in [9.17, 15) is 0 Å². The second kappa shape index (κ2) is 6.85. The lowest BCUT2D eigenvalue weighted by molar-refractivity contribution is 0.312. The van der Waals surface area contributed by atoms with E-state index in [0.717, 1.165) is 14.6 Å². The first-order valence-electron chi connectivity index (χ1n) is 5.91. The summed E-state index contributed by atoms with van der Waals surface area (Å²) in [5.41, 5.74) is 0.851. The van der Waals surface area contributed by atoms with Gasteiger partial charge in [-0.05, 0) is 41.1 Å². The number of anilines is 3. The molecule has 0 unspecified atom stereocenters. The highest BCUT2D eigenvalue weighted by molar-refractivity contribution is 9.11. The number of nitrogens with one attached hydrogen (secondary N) is 2. The summed E-state index contributed by atoms with van der Waals surface area (Å²) in [6, 6.07) is 6.06. The Kier molecular flexibility index (Phi) is 5.13. The molecular formula is C12H13Br2N5O. The van der Waals surface area contributed by atoms with E-state index in [0.29, 0.717) is 18.5 Å². The van der Waals surface area contributed by atoms with Crippen LogP contribution >= 0.6 is 31.9 Å². The molecule has 1 aromatic carbocycles. The molecule has 0 bridgehead atoms. The summed E-state index contributed by atoms with van der Waals surface area (Å²) in [4.78, 5) is 12.5. The van der Waals surface area contributed by atoms with E-state index in [2.05, 4.69) is 57.4 Å². The highest BCUT2D eigenvalue weighted by atomic mass is 79.9. The topological polar surface area (TPSA) is 72.0 Å². The van der Waals surface area contributed by atoms with Gasteiger partial charge in [0.25, 0.3) is 0 Å². The van der Waals surface area contributed by atoms with Crippen LogP contribution in [0.1, 0.15) is 6.92 Å². The van der Waals surface area contributed by atoms with Crippen molar-refractivity contribution in [1.29, 1.82) is 0 Å². The normalized spacial score (nSPS) is 10.2. The van der Waals surface area contributed by atoms with Crippen molar-refractivity contribution in [1.82, 2.24) is 15.0 Å². The number of ether oxygens (including phenoxy) is 1. The third kappa shape index (κ3) is 3.80. The summed E-state index contributed by atoms with van der Waals surface area (Å²) in [7, 11) is 1.74. The summed E-state index contributed by atoms with van der Waals surface area (Å²) in [5, 5.41) is 6.00. The van der Waals surface area contributed by atoms with Crippen molar-refractivity contribution in [3.8, 4) is 6.01 Å². The van der Waals surface area contributed by atoms with Crippen molar-refractivity contribution in [3.05, 3.63) is 27.1 Å². The SMILES string of the molecule is CCOc1nc(NC)nc(Nc2ccc(Br)cc2Br)n1. The van der Waals surface area contributed by atoms with Gasteiger partial charge in [-0.2, -0.15) is 15.0 Å². The second-order valence-electron chi connectivity index (χ2n) is 3.70. The van der Waals surface area contributed by atoms with Crippen LogP contribution in [0.2, 0.25) is 0 Å². The van der Waals surface area contributed by atoms with Gasteiger partial charge in [0.05, 0.1) is 12.3 Å². The minimum absolute atomic E-state index is 0.280. The summed E-state index contributed by atoms with van der Waals surface area (Å²) in [5.74, 6) is 0.856. The van der Waals surface area contributed by atoms with Crippen LogP contribution in [-0.4, -0.2) is 28.6 Å². The van der Waals surface area contributed by atoms with Crippen LogP contribution in [-0.2, 0) is 0 Å². The molecule has 8 heteroatoms. The van der Waals surface area contributed by atoms with E-state index < -0.39 is 0 Å². The highest BCUT2D eigenvalue weighted by Crippen LogP contribution is 2.28. The van der Waals surface area contributed by atoms with E-state index in [1.54, 1.807) is 7.05 Å². The molecule has 0 atom stereocenters. The van der Waals surface area contributed by atoms with Crippen LogP contribution < -0.4 is 15.4 Å². The monoisotopic (exact) mass is 401 g/mol. The van der Waals surface area contributed by atoms with Gasteiger partial charge in [-0.3, -0.25) is 0 Å². The zero-order valence-corrected chi connectivity index (χ0v) is 14.1. The van der Waals surface area contributed by atoms with Gasteiger partial charge < -0.3 is 15.4 Å². The van der Waals surface area contributed by atoms with Crippen LogP contribution in [0.15, 0.2) is 27.1 Å². The number of benzene rings is 1. The molecule has 106 valence electrons. The highest BCUT2D eigenvalue weighted by Gasteiger charge is 2.08. The Bertz CT molecular complexity index is 608. The molecule has 2 aromatic rings. The zero-order valence-electron chi connectivity index (χ0n) is 10.9. The average molecular weight is 403 g/mol. The van der Waals surface area contributed by atoms with Crippen LogP contribution in [0.25, 0.3) is 0 Å². The maximum Gasteiger partial charge on any atom is 0.323 e. The fourth-order valence-corrected chi connectivity index (χ4v) is 2.58. The lowest BCUT2D eigenvalue weighted by Crippen LogP contribution is -2.07. The lowest BCUT2D eigenvalue weighted by Gasteiger charge is -2.10. The van der Waals surface area contributed by atoms with Crippen molar-refractivity contribution in [2.45, 2.75) is 6.92 Å². The van der Waals surface area contributed by atoms with Crippen molar-refractivity contribution < 1.29 is 4.74 Å². The number of nitrogens with zero attached hydrogens (tertiary/aromatic N) is 3. The number of rotatable bonds is 5. The summed E-state index contributed by atoms with van der Waals surface area (Å²) in [6.07, 6.45) is 0. The largest absolute Gasteiger partial charge is 0.464 e. The standard InChI is InChI=1S/C12H13Br2N5O/c1-3-20-12-18-10(15-2)17-11(19-12)16-9-5-4-7(13)6-8(9)14/h4-6H,3H2,1-2H3,(H2,15,16,17,18,19). The molecule has 2 N–H and O–H groups in total. The minimum Gasteiger partial charge on any atom is -0.464 e. The molecule has 0 amide bonds. The fraction of sp³-hybridized carbons (Fsp3) is 0.250. The Labute approximate surface area is 133 Å². The Balaban J connectivity index is 2.29. The maximum absolute atomic E-state index is 5.31. The van der Waals surface area contributed by atoms with Crippen LogP contribution in [0, 0.1) is 0 Å². The number of halogens is 2. The second-order valence-corrected chi connectivity index (χ2v) is 5.47. The maximum atomic E-state index is 5.31. The van der Waals surface area contributed by atoms with Crippen molar-refractivity contribution >= 4 is 49.4 Å². The molecule has 0 fully saturated rings. The summed E-state index contributed by atoms with van der Waals surface area (Å²) < 4.78 is 7.20. The number of hydrogen-bond donors (Lipinski definition) is 2. The van der Waals surface area contributed by atoms with Gasteiger partial charge >= 0.3 is 6.01 Å². The molecule has 0 aliphatic carbocycles. The quantitative estimate of drug-likeness (QED) is 0.796. The Hall–Kier alpha value is -1.41. The van der Waals surface area contributed by atoms with Gasteiger partial charge in [0.2, 0.25) is 11.9 Å². The van der Waals surface area contributed by atoms with Crippen molar-refractivity contribution in [2.24, 2.45) is 0 Å². The van der Waals surface area contributed by atoms with Crippen molar-refractivity contribution in [2.75, 3.05) is 24.3 Å². The summed E-state index contributed by atoms with van der Waals surface area (Å²) in [6.45, 7) is 2.37. The van der Waals surface area contributed by atoms with Crippen LogP contribution in [0.3, 0.4) is 0 Å².